The number of pyridine rings is 1. The van der Waals surface area contributed by atoms with Gasteiger partial charge in [-0.15, -0.1) is 23.1 Å². The van der Waals surface area contributed by atoms with Crippen LogP contribution in [0.2, 0.25) is 0 Å². The first kappa shape index (κ1) is 14.7. The van der Waals surface area contributed by atoms with E-state index in [4.69, 9.17) is 0 Å². The normalized spacial score (nSPS) is 10.8. The van der Waals surface area contributed by atoms with Gasteiger partial charge in [0.15, 0.2) is 4.96 Å². The van der Waals surface area contributed by atoms with Crippen LogP contribution in [0.25, 0.3) is 4.96 Å². The Morgan fingerprint density at radius 1 is 1.50 bits per heavy atom. The van der Waals surface area contributed by atoms with Crippen LogP contribution >= 0.6 is 23.1 Å². The number of carbonyl (C=O) groups is 1. The van der Waals surface area contributed by atoms with Gasteiger partial charge >= 0.3 is 0 Å². The largest absolute Gasteiger partial charge is 0.348 e. The maximum atomic E-state index is 12.5. The molecule has 6 nitrogen and oxygen atoms in total. The summed E-state index contributed by atoms with van der Waals surface area (Å²) in [5.41, 5.74) is 0.595. The molecule has 3 rings (SSSR count). The highest BCUT2D eigenvalue weighted by Crippen LogP contribution is 2.18. The van der Waals surface area contributed by atoms with Gasteiger partial charge in [0.05, 0.1) is 0 Å². The summed E-state index contributed by atoms with van der Waals surface area (Å²) >= 11 is 2.65. The van der Waals surface area contributed by atoms with Gasteiger partial charge in [0, 0.05) is 30.5 Å². The number of amides is 1. The van der Waals surface area contributed by atoms with E-state index in [2.05, 4.69) is 15.3 Å². The van der Waals surface area contributed by atoms with Gasteiger partial charge in [-0.2, -0.15) is 0 Å². The van der Waals surface area contributed by atoms with Gasteiger partial charge in [-0.1, -0.05) is 6.07 Å². The fourth-order valence-electron chi connectivity index (χ4n) is 1.98. The summed E-state index contributed by atoms with van der Waals surface area (Å²) in [6.07, 6.45) is 6.75. The van der Waals surface area contributed by atoms with Crippen molar-refractivity contribution in [2.24, 2.45) is 0 Å². The lowest BCUT2D eigenvalue weighted by Crippen LogP contribution is -2.32. The van der Waals surface area contributed by atoms with E-state index >= 15 is 0 Å². The van der Waals surface area contributed by atoms with Crippen molar-refractivity contribution in [3.8, 4) is 0 Å². The second-order valence-corrected chi connectivity index (χ2v) is 6.07. The van der Waals surface area contributed by atoms with Crippen molar-refractivity contribution in [2.75, 3.05) is 6.26 Å². The fraction of sp³-hybridized carbons (Fsp3) is 0.143. The summed E-state index contributed by atoms with van der Waals surface area (Å²) in [7, 11) is 0. The number of carbonyl (C=O) groups excluding carboxylic acids is 1. The monoisotopic (exact) mass is 332 g/mol. The first-order chi connectivity index (χ1) is 10.7. The van der Waals surface area contributed by atoms with Gasteiger partial charge in [0.1, 0.15) is 10.6 Å². The summed E-state index contributed by atoms with van der Waals surface area (Å²) in [6.45, 7) is 0.312. The Kier molecular flexibility index (Phi) is 4.21. The molecule has 0 aromatic carbocycles. The lowest BCUT2D eigenvalue weighted by molar-refractivity contribution is 0.0945. The average molecular weight is 332 g/mol. The predicted octanol–water partition coefficient (Wildman–Crippen LogP) is 1.80. The Hall–Kier alpha value is -2.19. The van der Waals surface area contributed by atoms with Crippen LogP contribution in [-0.4, -0.2) is 26.5 Å². The van der Waals surface area contributed by atoms with Crippen LogP contribution in [0.15, 0.2) is 45.9 Å². The number of aromatic nitrogens is 3. The molecule has 0 aliphatic heterocycles. The minimum Gasteiger partial charge on any atom is -0.348 e. The number of nitrogens with one attached hydrogen (secondary N) is 1. The Morgan fingerprint density at radius 2 is 2.36 bits per heavy atom. The summed E-state index contributed by atoms with van der Waals surface area (Å²) in [5.74, 6) is -0.425. The molecule has 0 bridgehead atoms. The minimum absolute atomic E-state index is 0.0762. The lowest BCUT2D eigenvalue weighted by Gasteiger charge is -2.08. The predicted molar refractivity (Wildman–Crippen MR) is 86.5 cm³/mol. The maximum Gasteiger partial charge on any atom is 0.272 e. The van der Waals surface area contributed by atoms with Gasteiger partial charge in [-0.25, -0.2) is 4.98 Å². The van der Waals surface area contributed by atoms with Crippen LogP contribution in [0.3, 0.4) is 0 Å². The Balaban J connectivity index is 1.93. The van der Waals surface area contributed by atoms with E-state index in [0.29, 0.717) is 16.5 Å². The first-order valence-corrected chi connectivity index (χ1v) is 8.52. The Labute approximate surface area is 134 Å². The number of hydrogen-bond acceptors (Lipinski definition) is 6. The number of fused-ring (bicyclic) bond motifs is 1. The molecular formula is C14H12N4O2S2. The molecule has 22 heavy (non-hydrogen) atoms. The molecule has 0 aliphatic carbocycles. The zero-order chi connectivity index (χ0) is 15.5. The number of rotatable bonds is 4. The highest BCUT2D eigenvalue weighted by Gasteiger charge is 2.19. The van der Waals surface area contributed by atoms with Crippen LogP contribution < -0.4 is 10.9 Å². The molecule has 3 aromatic rings. The smallest absolute Gasteiger partial charge is 0.272 e. The second-order valence-electron chi connectivity index (χ2n) is 4.40. The van der Waals surface area contributed by atoms with E-state index in [1.165, 1.54) is 27.5 Å². The molecule has 0 radical (unpaired) electrons. The molecule has 0 fully saturated rings. The fourth-order valence-corrected chi connectivity index (χ4v) is 3.30. The van der Waals surface area contributed by atoms with Gasteiger partial charge in [0.2, 0.25) is 0 Å². The highest BCUT2D eigenvalue weighted by molar-refractivity contribution is 7.98. The summed E-state index contributed by atoms with van der Waals surface area (Å²) in [4.78, 5) is 33.8. The summed E-state index contributed by atoms with van der Waals surface area (Å²) < 4.78 is 1.39. The number of nitrogens with zero attached hydrogens (tertiary/aromatic N) is 3. The van der Waals surface area contributed by atoms with E-state index < -0.39 is 5.91 Å². The highest BCUT2D eigenvalue weighted by atomic mass is 32.2. The van der Waals surface area contributed by atoms with Gasteiger partial charge in [-0.05, 0) is 17.9 Å². The molecule has 1 N–H and O–H groups in total. The molecule has 3 heterocycles. The quantitative estimate of drug-likeness (QED) is 0.582. The second kappa shape index (κ2) is 6.29. The van der Waals surface area contributed by atoms with Gasteiger partial charge in [0.25, 0.3) is 11.5 Å². The molecule has 0 spiro atoms. The van der Waals surface area contributed by atoms with Gasteiger partial charge in [-0.3, -0.25) is 19.0 Å². The minimum atomic E-state index is -0.425. The molecule has 0 saturated heterocycles. The number of thioether (sulfide) groups is 1. The third-order valence-electron chi connectivity index (χ3n) is 3.03. The maximum absolute atomic E-state index is 12.5. The topological polar surface area (TPSA) is 76.4 Å². The van der Waals surface area contributed by atoms with Crippen molar-refractivity contribution >= 4 is 34.0 Å². The molecule has 112 valence electrons. The molecule has 0 aliphatic rings. The van der Waals surface area contributed by atoms with Crippen LogP contribution in [0, 0.1) is 0 Å². The molecule has 3 aromatic heterocycles. The Morgan fingerprint density at radius 3 is 3.09 bits per heavy atom. The van der Waals surface area contributed by atoms with E-state index in [0.717, 1.165) is 5.56 Å². The standard InChI is InChI=1S/C14H12N4O2S2/c1-21-12-10(13(20)18-5-6-22-14(18)17-12)11(19)16-8-9-3-2-4-15-7-9/h2-7H,8H2,1H3,(H,16,19). The van der Waals surface area contributed by atoms with Crippen LogP contribution in [0.5, 0.6) is 0 Å². The lowest BCUT2D eigenvalue weighted by atomic mass is 10.2. The van der Waals surface area contributed by atoms with Crippen molar-refractivity contribution in [1.29, 1.82) is 0 Å². The van der Waals surface area contributed by atoms with E-state index in [9.17, 15) is 9.59 Å². The number of hydrogen-bond donors (Lipinski definition) is 1. The zero-order valence-corrected chi connectivity index (χ0v) is 13.3. The molecule has 0 unspecified atom stereocenters. The first-order valence-electron chi connectivity index (χ1n) is 6.41. The molecule has 0 atom stereocenters. The van der Waals surface area contributed by atoms with Crippen molar-refractivity contribution in [2.45, 2.75) is 11.6 Å². The summed E-state index contributed by atoms with van der Waals surface area (Å²) in [6, 6.07) is 3.65. The summed E-state index contributed by atoms with van der Waals surface area (Å²) in [5, 5.41) is 4.96. The van der Waals surface area contributed by atoms with Crippen LogP contribution in [0.4, 0.5) is 0 Å². The van der Waals surface area contributed by atoms with Crippen molar-refractivity contribution in [3.63, 3.8) is 0 Å². The third kappa shape index (κ3) is 2.75. The van der Waals surface area contributed by atoms with Crippen molar-refractivity contribution in [3.05, 3.63) is 57.6 Å². The molecule has 0 saturated carbocycles. The third-order valence-corrected chi connectivity index (χ3v) is 4.47. The van der Waals surface area contributed by atoms with E-state index in [-0.39, 0.29) is 11.1 Å². The zero-order valence-electron chi connectivity index (χ0n) is 11.6. The Bertz CT molecular complexity index is 873. The van der Waals surface area contributed by atoms with Gasteiger partial charge < -0.3 is 5.32 Å². The van der Waals surface area contributed by atoms with Crippen LogP contribution in [0.1, 0.15) is 15.9 Å². The van der Waals surface area contributed by atoms with E-state index in [1.54, 1.807) is 36.3 Å². The molecule has 8 heteroatoms. The SMILES string of the molecule is CSc1nc2sccn2c(=O)c1C(=O)NCc1cccnc1. The van der Waals surface area contributed by atoms with Crippen molar-refractivity contribution in [1.82, 2.24) is 19.7 Å². The number of thiazole rings is 1. The molecular weight excluding hydrogens is 320 g/mol. The van der Waals surface area contributed by atoms with Crippen LogP contribution in [-0.2, 0) is 6.54 Å². The van der Waals surface area contributed by atoms with E-state index in [1.807, 2.05) is 6.07 Å². The average Bonchev–Trinajstić information content (AvgIpc) is 3.02. The molecule has 1 amide bonds. The van der Waals surface area contributed by atoms with Crippen molar-refractivity contribution < 1.29 is 4.79 Å².